The molecule has 6 nitrogen and oxygen atoms in total. The van der Waals surface area contributed by atoms with Crippen LogP contribution in [0.3, 0.4) is 0 Å². The first-order valence-electron chi connectivity index (χ1n) is 8.91. The van der Waals surface area contributed by atoms with Crippen molar-refractivity contribution in [2.45, 2.75) is 31.2 Å². The number of nitrogens with zero attached hydrogens (tertiary/aromatic N) is 2. The minimum Gasteiger partial charge on any atom is -0.343 e. The van der Waals surface area contributed by atoms with E-state index in [1.165, 1.54) is 23.5 Å². The summed E-state index contributed by atoms with van der Waals surface area (Å²) < 4.78 is 25.0. The van der Waals surface area contributed by atoms with Gasteiger partial charge in [-0.3, -0.25) is 9.78 Å². The van der Waals surface area contributed by atoms with Crippen molar-refractivity contribution in [3.8, 4) is 11.3 Å². The Bertz CT molecular complexity index is 1060. The summed E-state index contributed by atoms with van der Waals surface area (Å²) in [4.78, 5) is 21.5. The normalized spacial score (nSPS) is 12.5. The summed E-state index contributed by atoms with van der Waals surface area (Å²) in [6.07, 6.45) is 3.92. The van der Waals surface area contributed by atoms with Crippen molar-refractivity contribution in [2.24, 2.45) is 0 Å². The van der Waals surface area contributed by atoms with Crippen LogP contribution >= 0.6 is 11.3 Å². The summed E-state index contributed by atoms with van der Waals surface area (Å²) in [7, 11) is -3.50. The number of aromatic nitrogens is 2. The second kappa shape index (κ2) is 8.62. The molecule has 0 saturated heterocycles. The van der Waals surface area contributed by atoms with Gasteiger partial charge in [0.25, 0.3) is 5.91 Å². The van der Waals surface area contributed by atoms with Gasteiger partial charge >= 0.3 is 0 Å². The molecule has 0 aliphatic heterocycles. The molecule has 0 fully saturated rings. The van der Waals surface area contributed by atoms with Gasteiger partial charge < -0.3 is 5.32 Å². The van der Waals surface area contributed by atoms with Gasteiger partial charge in [-0.15, -0.1) is 11.3 Å². The molecular formula is C20H21N3O3S2. The van der Waals surface area contributed by atoms with Crippen LogP contribution in [0, 0.1) is 0 Å². The number of amides is 1. The Kier molecular flexibility index (Phi) is 6.21. The van der Waals surface area contributed by atoms with Gasteiger partial charge in [0, 0.05) is 23.3 Å². The van der Waals surface area contributed by atoms with Crippen LogP contribution in [0.15, 0.2) is 59.1 Å². The van der Waals surface area contributed by atoms with Gasteiger partial charge in [0.1, 0.15) is 5.01 Å². The highest BCUT2D eigenvalue weighted by atomic mass is 32.2. The Labute approximate surface area is 168 Å². The number of nitrogens with one attached hydrogen (secondary N) is 1. The highest BCUT2D eigenvalue weighted by molar-refractivity contribution is 7.91. The standard InChI is InChI=1S/C20H21N3O3S2/c1-3-11-28(25,26)18-9-5-4-8-16(18)19(24)22-14(2)20-23-17(13-27-20)15-7-6-10-21-12-15/h4-10,12-14H,3,11H2,1-2H3,(H,22,24). The summed E-state index contributed by atoms with van der Waals surface area (Å²) in [6.45, 7) is 3.62. The molecule has 1 amide bonds. The SMILES string of the molecule is CCCS(=O)(=O)c1ccccc1C(=O)NC(C)c1nc(-c2cccnc2)cs1. The minimum absolute atomic E-state index is 0.00774. The molecule has 28 heavy (non-hydrogen) atoms. The Morgan fingerprint density at radius 3 is 2.71 bits per heavy atom. The van der Waals surface area contributed by atoms with Crippen molar-refractivity contribution in [3.63, 3.8) is 0 Å². The van der Waals surface area contributed by atoms with Crippen molar-refractivity contribution in [2.75, 3.05) is 5.75 Å². The maximum absolute atomic E-state index is 12.8. The van der Waals surface area contributed by atoms with Crippen LogP contribution < -0.4 is 5.32 Å². The van der Waals surface area contributed by atoms with E-state index in [1.807, 2.05) is 24.4 Å². The van der Waals surface area contributed by atoms with Crippen LogP contribution in [-0.2, 0) is 9.84 Å². The lowest BCUT2D eigenvalue weighted by molar-refractivity contribution is 0.0936. The molecule has 8 heteroatoms. The fraction of sp³-hybridized carbons (Fsp3) is 0.250. The third-order valence-corrected chi connectivity index (χ3v) is 7.14. The monoisotopic (exact) mass is 415 g/mol. The van der Waals surface area contributed by atoms with Gasteiger partial charge in [-0.2, -0.15) is 0 Å². The average Bonchev–Trinajstić information content (AvgIpc) is 3.19. The Hall–Kier alpha value is -2.58. The van der Waals surface area contributed by atoms with Gasteiger partial charge in [-0.1, -0.05) is 19.1 Å². The number of thiazole rings is 1. The fourth-order valence-corrected chi connectivity index (χ4v) is 5.15. The van der Waals surface area contributed by atoms with Gasteiger partial charge in [0.2, 0.25) is 0 Å². The van der Waals surface area contributed by atoms with E-state index in [2.05, 4.69) is 15.3 Å². The summed E-state index contributed by atoms with van der Waals surface area (Å²) in [5.74, 6) is -0.422. The van der Waals surface area contributed by atoms with E-state index >= 15 is 0 Å². The van der Waals surface area contributed by atoms with Gasteiger partial charge in [-0.25, -0.2) is 13.4 Å². The van der Waals surface area contributed by atoms with E-state index in [9.17, 15) is 13.2 Å². The molecule has 2 aromatic heterocycles. The molecule has 146 valence electrons. The van der Waals surface area contributed by atoms with Crippen molar-refractivity contribution in [1.82, 2.24) is 15.3 Å². The van der Waals surface area contributed by atoms with Crippen LogP contribution in [0.25, 0.3) is 11.3 Å². The molecule has 0 spiro atoms. The molecule has 1 N–H and O–H groups in total. The third-order valence-electron chi connectivity index (χ3n) is 4.14. The third kappa shape index (κ3) is 4.45. The number of rotatable bonds is 7. The second-order valence-corrected chi connectivity index (χ2v) is 9.29. The lowest BCUT2D eigenvalue weighted by Crippen LogP contribution is -2.28. The van der Waals surface area contributed by atoms with E-state index < -0.39 is 15.7 Å². The van der Waals surface area contributed by atoms with Crippen molar-refractivity contribution >= 4 is 27.1 Å². The zero-order chi connectivity index (χ0) is 20.1. The molecule has 0 aliphatic carbocycles. The van der Waals surface area contributed by atoms with E-state index in [0.29, 0.717) is 6.42 Å². The second-order valence-electron chi connectivity index (χ2n) is 6.32. The van der Waals surface area contributed by atoms with Gasteiger partial charge in [-0.05, 0) is 37.6 Å². The molecule has 0 saturated carbocycles. The van der Waals surface area contributed by atoms with Gasteiger partial charge in [0.15, 0.2) is 9.84 Å². The Morgan fingerprint density at radius 1 is 1.21 bits per heavy atom. The Morgan fingerprint density at radius 2 is 2.00 bits per heavy atom. The predicted molar refractivity (Wildman–Crippen MR) is 110 cm³/mol. The summed E-state index contributed by atoms with van der Waals surface area (Å²) in [5.41, 5.74) is 1.85. The largest absolute Gasteiger partial charge is 0.343 e. The number of carbonyl (C=O) groups is 1. The van der Waals surface area contributed by atoms with Crippen LogP contribution in [0.2, 0.25) is 0 Å². The average molecular weight is 416 g/mol. The van der Waals surface area contributed by atoms with E-state index in [-0.39, 0.29) is 22.3 Å². The first kappa shape index (κ1) is 20.2. The summed E-state index contributed by atoms with van der Waals surface area (Å²) >= 11 is 1.44. The van der Waals surface area contributed by atoms with Crippen molar-refractivity contribution in [3.05, 3.63) is 64.7 Å². The number of pyridine rings is 1. The van der Waals surface area contributed by atoms with Crippen molar-refractivity contribution < 1.29 is 13.2 Å². The Balaban J connectivity index is 1.80. The highest BCUT2D eigenvalue weighted by Crippen LogP contribution is 2.25. The van der Waals surface area contributed by atoms with Crippen LogP contribution in [0.5, 0.6) is 0 Å². The number of carbonyl (C=O) groups excluding carboxylic acids is 1. The van der Waals surface area contributed by atoms with Gasteiger partial charge in [0.05, 0.1) is 27.9 Å². The lowest BCUT2D eigenvalue weighted by atomic mass is 10.2. The molecule has 0 radical (unpaired) electrons. The minimum atomic E-state index is -3.50. The molecule has 0 aliphatic rings. The molecule has 1 unspecified atom stereocenters. The predicted octanol–water partition coefficient (Wildman–Crippen LogP) is 3.88. The lowest BCUT2D eigenvalue weighted by Gasteiger charge is -2.14. The summed E-state index contributed by atoms with van der Waals surface area (Å²) in [6, 6.07) is 9.71. The molecule has 0 bridgehead atoms. The number of sulfone groups is 1. The van der Waals surface area contributed by atoms with Crippen LogP contribution in [-0.4, -0.2) is 30.0 Å². The molecular weight excluding hydrogens is 394 g/mol. The summed E-state index contributed by atoms with van der Waals surface area (Å²) in [5, 5.41) is 5.51. The molecule has 2 heterocycles. The topological polar surface area (TPSA) is 89.0 Å². The maximum Gasteiger partial charge on any atom is 0.253 e. The zero-order valence-electron chi connectivity index (χ0n) is 15.6. The van der Waals surface area contributed by atoms with Crippen LogP contribution in [0.1, 0.15) is 41.7 Å². The fourth-order valence-electron chi connectivity index (χ4n) is 2.77. The first-order valence-corrected chi connectivity index (χ1v) is 11.4. The number of benzene rings is 1. The number of hydrogen-bond donors (Lipinski definition) is 1. The molecule has 1 atom stereocenters. The van der Waals surface area contributed by atoms with E-state index in [0.717, 1.165) is 16.3 Å². The highest BCUT2D eigenvalue weighted by Gasteiger charge is 2.23. The zero-order valence-corrected chi connectivity index (χ0v) is 17.3. The molecule has 3 aromatic rings. The molecule has 1 aromatic carbocycles. The number of hydrogen-bond acceptors (Lipinski definition) is 6. The van der Waals surface area contributed by atoms with E-state index in [4.69, 9.17) is 0 Å². The maximum atomic E-state index is 12.8. The quantitative estimate of drug-likeness (QED) is 0.632. The van der Waals surface area contributed by atoms with Crippen LogP contribution in [0.4, 0.5) is 0 Å². The molecule has 3 rings (SSSR count). The van der Waals surface area contributed by atoms with Crippen molar-refractivity contribution in [1.29, 1.82) is 0 Å². The first-order chi connectivity index (χ1) is 13.4. The van der Waals surface area contributed by atoms with E-state index in [1.54, 1.807) is 31.5 Å². The smallest absolute Gasteiger partial charge is 0.253 e.